The zero-order valence-corrected chi connectivity index (χ0v) is 12.4. The summed E-state index contributed by atoms with van der Waals surface area (Å²) in [6.07, 6.45) is 0. The van der Waals surface area contributed by atoms with Crippen LogP contribution in [0.5, 0.6) is 11.6 Å². The quantitative estimate of drug-likeness (QED) is 0.658. The minimum atomic E-state index is -0.0902. The van der Waals surface area contributed by atoms with Crippen LogP contribution in [0.1, 0.15) is 11.3 Å². The summed E-state index contributed by atoms with van der Waals surface area (Å²) in [6.45, 7) is 1.84. The summed E-state index contributed by atoms with van der Waals surface area (Å²) in [5.41, 5.74) is 6.74. The molecular formula is C13H11BrClN3O. The molecule has 3 N–H and O–H groups in total. The van der Waals surface area contributed by atoms with Crippen molar-refractivity contribution in [3.8, 4) is 11.6 Å². The minimum Gasteiger partial charge on any atom is -0.437 e. The summed E-state index contributed by atoms with van der Waals surface area (Å²) >= 11 is 9.23. The van der Waals surface area contributed by atoms with E-state index in [4.69, 9.17) is 27.5 Å². The average Bonchev–Trinajstić information content (AvgIpc) is 2.32. The number of aromatic nitrogens is 1. The normalized spacial score (nSPS) is 10.3. The number of nitrogens with one attached hydrogen (secondary N) is 1. The fourth-order valence-corrected chi connectivity index (χ4v) is 2.24. The van der Waals surface area contributed by atoms with Crippen LogP contribution in [-0.4, -0.2) is 10.8 Å². The molecule has 0 amide bonds. The third-order valence-corrected chi connectivity index (χ3v) is 3.25. The van der Waals surface area contributed by atoms with Crippen molar-refractivity contribution in [3.63, 3.8) is 0 Å². The first-order chi connectivity index (χ1) is 8.97. The third kappa shape index (κ3) is 3.24. The summed E-state index contributed by atoms with van der Waals surface area (Å²) in [4.78, 5) is 4.26. The first-order valence-corrected chi connectivity index (χ1v) is 6.59. The van der Waals surface area contributed by atoms with Crippen molar-refractivity contribution in [2.75, 3.05) is 0 Å². The first kappa shape index (κ1) is 13.8. The van der Waals surface area contributed by atoms with Crippen LogP contribution < -0.4 is 10.5 Å². The summed E-state index contributed by atoms with van der Waals surface area (Å²) in [6, 6.07) is 8.65. The number of rotatable bonds is 3. The zero-order valence-electron chi connectivity index (χ0n) is 10.1. The Labute approximate surface area is 124 Å². The molecule has 0 unspecified atom stereocenters. The van der Waals surface area contributed by atoms with E-state index < -0.39 is 0 Å². The Balaban J connectivity index is 2.42. The van der Waals surface area contributed by atoms with Gasteiger partial charge in [-0.05, 0) is 53.2 Å². The number of hydrogen-bond acceptors (Lipinski definition) is 3. The van der Waals surface area contributed by atoms with Gasteiger partial charge in [0.2, 0.25) is 5.88 Å². The number of amidine groups is 1. The monoisotopic (exact) mass is 339 g/mol. The van der Waals surface area contributed by atoms with Crippen molar-refractivity contribution < 1.29 is 4.74 Å². The lowest BCUT2D eigenvalue weighted by Gasteiger charge is -2.11. The molecule has 0 saturated heterocycles. The Kier molecular flexibility index (Phi) is 4.07. The summed E-state index contributed by atoms with van der Waals surface area (Å²) in [7, 11) is 0. The van der Waals surface area contributed by atoms with E-state index in [1.807, 2.05) is 6.92 Å². The average molecular weight is 341 g/mol. The maximum atomic E-state index is 7.53. The van der Waals surface area contributed by atoms with Crippen molar-refractivity contribution in [3.05, 3.63) is 51.1 Å². The topological polar surface area (TPSA) is 72.0 Å². The lowest BCUT2D eigenvalue weighted by molar-refractivity contribution is 0.457. The van der Waals surface area contributed by atoms with Crippen molar-refractivity contribution in [2.45, 2.75) is 6.92 Å². The molecule has 6 heteroatoms. The van der Waals surface area contributed by atoms with E-state index in [0.29, 0.717) is 26.7 Å². The predicted octanol–water partition coefficient (Wildman–Crippen LogP) is 3.88. The van der Waals surface area contributed by atoms with E-state index in [2.05, 4.69) is 20.9 Å². The molecule has 0 bridgehead atoms. The second-order valence-corrected chi connectivity index (χ2v) is 5.19. The number of benzene rings is 1. The van der Waals surface area contributed by atoms with E-state index >= 15 is 0 Å². The molecule has 0 aliphatic carbocycles. The minimum absolute atomic E-state index is 0.0902. The molecule has 0 fully saturated rings. The van der Waals surface area contributed by atoms with Gasteiger partial charge in [0.05, 0.1) is 10.0 Å². The van der Waals surface area contributed by atoms with E-state index in [-0.39, 0.29) is 5.84 Å². The van der Waals surface area contributed by atoms with Gasteiger partial charge in [0.15, 0.2) is 0 Å². The standard InChI is InChI=1S/C13H11BrClN3O/c1-7-2-4-9(12(16)17)13(18-7)19-11-5-3-8(15)6-10(11)14/h2-6H,1H3,(H3,16,17). The molecule has 0 aliphatic heterocycles. The Hall–Kier alpha value is -1.59. The van der Waals surface area contributed by atoms with E-state index in [1.54, 1.807) is 30.3 Å². The van der Waals surface area contributed by atoms with Crippen LogP contribution in [0.4, 0.5) is 0 Å². The van der Waals surface area contributed by atoms with E-state index in [9.17, 15) is 0 Å². The second-order valence-electron chi connectivity index (χ2n) is 3.90. The first-order valence-electron chi connectivity index (χ1n) is 5.42. The largest absolute Gasteiger partial charge is 0.437 e. The number of nitrogen functional groups attached to an aromatic ring is 1. The number of hydrogen-bond donors (Lipinski definition) is 2. The SMILES string of the molecule is Cc1ccc(C(=N)N)c(Oc2ccc(Cl)cc2Br)n1. The van der Waals surface area contributed by atoms with Crippen LogP contribution in [0.2, 0.25) is 5.02 Å². The fourth-order valence-electron chi connectivity index (χ4n) is 1.48. The highest BCUT2D eigenvalue weighted by molar-refractivity contribution is 9.10. The molecule has 0 radical (unpaired) electrons. The van der Waals surface area contributed by atoms with Crippen molar-refractivity contribution in [2.24, 2.45) is 5.73 Å². The van der Waals surface area contributed by atoms with Gasteiger partial charge < -0.3 is 10.5 Å². The molecule has 0 aliphatic rings. The number of halogens is 2. The molecule has 19 heavy (non-hydrogen) atoms. The van der Waals surface area contributed by atoms with Gasteiger partial charge in [0.25, 0.3) is 0 Å². The van der Waals surface area contributed by atoms with Crippen molar-refractivity contribution >= 4 is 33.4 Å². The van der Waals surface area contributed by atoms with Gasteiger partial charge in [-0.25, -0.2) is 4.98 Å². The molecule has 1 heterocycles. The smallest absolute Gasteiger partial charge is 0.230 e. The number of ether oxygens (including phenoxy) is 1. The van der Waals surface area contributed by atoms with Crippen LogP contribution in [0.15, 0.2) is 34.8 Å². The molecule has 4 nitrogen and oxygen atoms in total. The van der Waals surface area contributed by atoms with Crippen molar-refractivity contribution in [1.29, 1.82) is 5.41 Å². The Morgan fingerprint density at radius 2 is 2.11 bits per heavy atom. The molecule has 0 saturated carbocycles. The van der Waals surface area contributed by atoms with Crippen LogP contribution in [-0.2, 0) is 0 Å². The second kappa shape index (κ2) is 5.59. The van der Waals surface area contributed by atoms with Gasteiger partial charge in [-0.2, -0.15) is 0 Å². The molecule has 0 spiro atoms. The molecule has 2 aromatic rings. The van der Waals surface area contributed by atoms with Crippen molar-refractivity contribution in [1.82, 2.24) is 4.98 Å². The molecule has 98 valence electrons. The summed E-state index contributed by atoms with van der Waals surface area (Å²) < 4.78 is 6.41. The van der Waals surface area contributed by atoms with Crippen LogP contribution in [0, 0.1) is 12.3 Å². The maximum Gasteiger partial charge on any atom is 0.230 e. The fraction of sp³-hybridized carbons (Fsp3) is 0.0769. The predicted molar refractivity (Wildman–Crippen MR) is 79.2 cm³/mol. The van der Waals surface area contributed by atoms with Gasteiger partial charge in [-0.3, -0.25) is 5.41 Å². The van der Waals surface area contributed by atoms with Gasteiger partial charge >= 0.3 is 0 Å². The Bertz CT molecular complexity index is 646. The molecule has 2 rings (SSSR count). The van der Waals surface area contributed by atoms with Crippen LogP contribution >= 0.6 is 27.5 Å². The maximum absolute atomic E-state index is 7.53. The summed E-state index contributed by atoms with van der Waals surface area (Å²) in [5, 5.41) is 8.13. The van der Waals surface area contributed by atoms with E-state index in [0.717, 1.165) is 5.69 Å². The van der Waals surface area contributed by atoms with Crippen LogP contribution in [0.3, 0.4) is 0 Å². The molecule has 1 aromatic carbocycles. The highest BCUT2D eigenvalue weighted by Crippen LogP contribution is 2.32. The number of nitrogens with two attached hydrogens (primary N) is 1. The van der Waals surface area contributed by atoms with Crippen LogP contribution in [0.25, 0.3) is 0 Å². The highest BCUT2D eigenvalue weighted by Gasteiger charge is 2.11. The molecule has 1 aromatic heterocycles. The highest BCUT2D eigenvalue weighted by atomic mass is 79.9. The number of aryl methyl sites for hydroxylation is 1. The van der Waals surface area contributed by atoms with Gasteiger partial charge in [-0.1, -0.05) is 11.6 Å². The van der Waals surface area contributed by atoms with Gasteiger partial charge in [0.1, 0.15) is 11.6 Å². The van der Waals surface area contributed by atoms with Gasteiger partial charge in [0, 0.05) is 10.7 Å². The van der Waals surface area contributed by atoms with E-state index in [1.165, 1.54) is 0 Å². The molecule has 0 atom stereocenters. The molecular weight excluding hydrogens is 330 g/mol. The Morgan fingerprint density at radius 1 is 1.37 bits per heavy atom. The Morgan fingerprint density at radius 3 is 2.74 bits per heavy atom. The number of pyridine rings is 1. The number of nitrogens with zero attached hydrogens (tertiary/aromatic N) is 1. The zero-order chi connectivity index (χ0) is 14.0. The van der Waals surface area contributed by atoms with Gasteiger partial charge in [-0.15, -0.1) is 0 Å². The lowest BCUT2D eigenvalue weighted by atomic mass is 10.2. The lowest BCUT2D eigenvalue weighted by Crippen LogP contribution is -2.13. The third-order valence-electron chi connectivity index (χ3n) is 2.39. The summed E-state index contributed by atoms with van der Waals surface area (Å²) in [5.74, 6) is 0.771.